The second-order valence-corrected chi connectivity index (χ2v) is 6.66. The first kappa shape index (κ1) is 17.1. The third-order valence-corrected chi connectivity index (χ3v) is 4.82. The molecule has 0 spiro atoms. The van der Waals surface area contributed by atoms with E-state index in [0.29, 0.717) is 12.2 Å². The van der Waals surface area contributed by atoms with Crippen LogP contribution in [0.2, 0.25) is 0 Å². The topological polar surface area (TPSA) is 92.8 Å². The van der Waals surface area contributed by atoms with E-state index in [4.69, 9.17) is 0 Å². The summed E-state index contributed by atoms with van der Waals surface area (Å²) in [6.07, 6.45) is 1.47. The molecule has 0 aromatic carbocycles. The van der Waals surface area contributed by atoms with Crippen molar-refractivity contribution >= 4 is 28.5 Å². The summed E-state index contributed by atoms with van der Waals surface area (Å²) >= 11 is 1.61. The van der Waals surface area contributed by atoms with Gasteiger partial charge in [0.1, 0.15) is 5.65 Å². The van der Waals surface area contributed by atoms with Gasteiger partial charge in [0.2, 0.25) is 5.82 Å². The van der Waals surface area contributed by atoms with Crippen LogP contribution < -0.4 is 10.9 Å². The lowest BCUT2D eigenvalue weighted by molar-refractivity contribution is -0.385. The number of thiophene rings is 1. The van der Waals surface area contributed by atoms with Crippen LogP contribution in [-0.4, -0.2) is 39.8 Å². The molecule has 1 unspecified atom stereocenters. The van der Waals surface area contributed by atoms with Crippen LogP contribution in [0.15, 0.2) is 46.7 Å². The smallest absolute Gasteiger partial charge is 0.362 e. The van der Waals surface area contributed by atoms with E-state index in [1.54, 1.807) is 29.5 Å². The molecule has 9 heteroatoms. The zero-order chi connectivity index (χ0) is 18.0. The van der Waals surface area contributed by atoms with Crippen molar-refractivity contribution in [2.45, 2.75) is 6.04 Å². The first-order valence-electron chi connectivity index (χ1n) is 7.58. The van der Waals surface area contributed by atoms with E-state index in [2.05, 4.69) is 10.3 Å². The number of pyridine rings is 1. The highest BCUT2D eigenvalue weighted by molar-refractivity contribution is 7.10. The van der Waals surface area contributed by atoms with Gasteiger partial charge in [0.05, 0.1) is 11.0 Å². The van der Waals surface area contributed by atoms with Crippen LogP contribution in [0.4, 0.5) is 11.5 Å². The van der Waals surface area contributed by atoms with E-state index >= 15 is 0 Å². The van der Waals surface area contributed by atoms with Gasteiger partial charge in [-0.15, -0.1) is 11.3 Å². The molecule has 0 radical (unpaired) electrons. The number of aromatic nitrogens is 2. The summed E-state index contributed by atoms with van der Waals surface area (Å²) in [5.74, 6) is -0.00962. The van der Waals surface area contributed by atoms with Gasteiger partial charge in [0.25, 0.3) is 0 Å². The number of hydrogen-bond acceptors (Lipinski definition) is 7. The Bertz CT molecular complexity index is 952. The van der Waals surface area contributed by atoms with Gasteiger partial charge < -0.3 is 10.2 Å². The molecule has 0 amide bonds. The van der Waals surface area contributed by atoms with Crippen LogP contribution in [0, 0.1) is 10.1 Å². The molecule has 0 aliphatic heterocycles. The van der Waals surface area contributed by atoms with Gasteiger partial charge in [-0.25, -0.2) is 4.98 Å². The number of nitrogens with one attached hydrogen (secondary N) is 1. The maximum absolute atomic E-state index is 12.4. The Morgan fingerprint density at radius 1 is 1.36 bits per heavy atom. The average molecular weight is 359 g/mol. The van der Waals surface area contributed by atoms with Gasteiger partial charge >= 0.3 is 11.2 Å². The molecule has 0 aliphatic carbocycles. The summed E-state index contributed by atoms with van der Waals surface area (Å²) in [6, 6.07) is 8.97. The van der Waals surface area contributed by atoms with E-state index in [0.717, 1.165) is 4.88 Å². The predicted molar refractivity (Wildman–Crippen MR) is 97.4 cm³/mol. The summed E-state index contributed by atoms with van der Waals surface area (Å²) in [4.78, 5) is 30.5. The Kier molecular flexibility index (Phi) is 4.77. The van der Waals surface area contributed by atoms with E-state index < -0.39 is 16.2 Å². The predicted octanol–water partition coefficient (Wildman–Crippen LogP) is 2.38. The van der Waals surface area contributed by atoms with E-state index in [-0.39, 0.29) is 11.9 Å². The number of nitrogens with zero attached hydrogens (tertiary/aromatic N) is 4. The van der Waals surface area contributed by atoms with Crippen molar-refractivity contribution < 1.29 is 4.92 Å². The third kappa shape index (κ3) is 3.37. The zero-order valence-electron chi connectivity index (χ0n) is 13.7. The van der Waals surface area contributed by atoms with Gasteiger partial charge in [0.15, 0.2) is 0 Å². The molecule has 130 valence electrons. The molecule has 3 rings (SSSR count). The van der Waals surface area contributed by atoms with Crippen molar-refractivity contribution in [1.29, 1.82) is 0 Å². The van der Waals surface area contributed by atoms with E-state index in [1.165, 1.54) is 10.6 Å². The van der Waals surface area contributed by atoms with Crippen LogP contribution >= 0.6 is 11.3 Å². The Hall–Kier alpha value is -2.78. The fraction of sp³-hybridized carbons (Fsp3) is 0.250. The zero-order valence-corrected chi connectivity index (χ0v) is 14.6. The van der Waals surface area contributed by atoms with Crippen molar-refractivity contribution in [2.75, 3.05) is 26.0 Å². The standard InChI is InChI=1S/C16H17N5O3S/c1-19(2)11(12-6-5-9-25-12)10-17-15-14(21(23)24)16(22)20-8-4-3-7-13(20)18-15/h3-9,11,17H,10H2,1-2H3. The summed E-state index contributed by atoms with van der Waals surface area (Å²) in [6.45, 7) is 0.393. The third-order valence-electron chi connectivity index (χ3n) is 3.85. The molecule has 0 fully saturated rings. The Labute approximate surface area is 147 Å². The summed E-state index contributed by atoms with van der Waals surface area (Å²) < 4.78 is 1.17. The Balaban J connectivity index is 1.99. The summed E-state index contributed by atoms with van der Waals surface area (Å²) in [7, 11) is 3.87. The molecule has 0 saturated carbocycles. The lowest BCUT2D eigenvalue weighted by atomic mass is 10.2. The van der Waals surface area contributed by atoms with Gasteiger partial charge in [-0.2, -0.15) is 0 Å². The van der Waals surface area contributed by atoms with Crippen molar-refractivity contribution in [3.63, 3.8) is 0 Å². The fourth-order valence-corrected chi connectivity index (χ4v) is 3.50. The van der Waals surface area contributed by atoms with Gasteiger partial charge in [-0.3, -0.25) is 19.3 Å². The van der Waals surface area contributed by atoms with Crippen LogP contribution in [0.3, 0.4) is 0 Å². The van der Waals surface area contributed by atoms with Crippen LogP contribution in [-0.2, 0) is 0 Å². The van der Waals surface area contributed by atoms with Gasteiger partial charge in [0, 0.05) is 17.6 Å². The van der Waals surface area contributed by atoms with Gasteiger partial charge in [-0.1, -0.05) is 12.1 Å². The van der Waals surface area contributed by atoms with Crippen molar-refractivity contribution in [3.8, 4) is 0 Å². The number of rotatable bonds is 6. The fourth-order valence-electron chi connectivity index (χ4n) is 2.58. The molecule has 3 aromatic rings. The molecule has 0 aliphatic rings. The quantitative estimate of drug-likeness (QED) is 0.536. The number of nitro groups is 1. The maximum Gasteiger partial charge on any atom is 0.376 e. The molecule has 3 heterocycles. The minimum Gasteiger partial charge on any atom is -0.362 e. The van der Waals surface area contributed by atoms with Crippen LogP contribution in [0.1, 0.15) is 10.9 Å². The van der Waals surface area contributed by atoms with Crippen molar-refractivity contribution in [1.82, 2.24) is 14.3 Å². The molecule has 0 saturated heterocycles. The molecular weight excluding hydrogens is 342 g/mol. The molecule has 1 N–H and O–H groups in total. The minimum absolute atomic E-state index is 0.00962. The lowest BCUT2D eigenvalue weighted by Crippen LogP contribution is -2.28. The Morgan fingerprint density at radius 2 is 2.16 bits per heavy atom. The first-order chi connectivity index (χ1) is 12.0. The molecule has 3 aromatic heterocycles. The van der Waals surface area contributed by atoms with E-state index in [9.17, 15) is 14.9 Å². The molecule has 8 nitrogen and oxygen atoms in total. The molecular formula is C16H17N5O3S. The average Bonchev–Trinajstić information content (AvgIpc) is 3.08. The summed E-state index contributed by atoms with van der Waals surface area (Å²) in [5.41, 5.74) is -0.888. The second-order valence-electron chi connectivity index (χ2n) is 5.68. The largest absolute Gasteiger partial charge is 0.376 e. The number of anilines is 1. The molecule has 25 heavy (non-hydrogen) atoms. The van der Waals surface area contributed by atoms with Crippen LogP contribution in [0.5, 0.6) is 0 Å². The van der Waals surface area contributed by atoms with Gasteiger partial charge in [-0.05, 0) is 37.7 Å². The van der Waals surface area contributed by atoms with E-state index in [1.807, 2.05) is 36.5 Å². The number of hydrogen-bond donors (Lipinski definition) is 1. The number of likely N-dealkylation sites (N-methyl/N-ethyl adjacent to an activating group) is 1. The Morgan fingerprint density at radius 3 is 2.80 bits per heavy atom. The second kappa shape index (κ2) is 6.99. The normalized spacial score (nSPS) is 12.4. The highest BCUT2D eigenvalue weighted by Crippen LogP contribution is 2.25. The van der Waals surface area contributed by atoms with Crippen LogP contribution in [0.25, 0.3) is 5.65 Å². The van der Waals surface area contributed by atoms with Crippen molar-refractivity contribution in [3.05, 3.63) is 67.3 Å². The highest BCUT2D eigenvalue weighted by Gasteiger charge is 2.25. The molecule has 1 atom stereocenters. The monoisotopic (exact) mass is 359 g/mol. The SMILES string of the molecule is CN(C)C(CNc1nc2ccccn2c(=O)c1[N+](=O)[O-])c1cccs1. The highest BCUT2D eigenvalue weighted by atomic mass is 32.1. The number of fused-ring (bicyclic) bond motifs is 1. The first-order valence-corrected chi connectivity index (χ1v) is 8.46. The minimum atomic E-state index is -0.698. The lowest BCUT2D eigenvalue weighted by Gasteiger charge is -2.23. The maximum atomic E-state index is 12.4. The molecule has 0 bridgehead atoms. The summed E-state index contributed by atoms with van der Waals surface area (Å²) in [5, 5.41) is 16.4. The van der Waals surface area contributed by atoms with Crippen molar-refractivity contribution in [2.24, 2.45) is 0 Å².